The van der Waals surface area contributed by atoms with Crippen molar-refractivity contribution >= 4 is 23.7 Å². The van der Waals surface area contributed by atoms with Crippen LogP contribution in [0.3, 0.4) is 0 Å². The summed E-state index contributed by atoms with van der Waals surface area (Å²) in [5.41, 5.74) is 0.599. The number of amides is 3. The zero-order valence-electron chi connectivity index (χ0n) is 19.8. The normalized spacial score (nSPS) is 19.3. The fourth-order valence-electron chi connectivity index (χ4n) is 4.56. The SMILES string of the molecule is N#Cc1ccc(C(=O)N[C@H](CNC(=O)[C@@H]2CCCN(C(=O)CCC3CCNCC3)C2)C(=O)O)cc1. The van der Waals surface area contributed by atoms with Crippen molar-refractivity contribution in [3.8, 4) is 6.07 Å². The van der Waals surface area contributed by atoms with Crippen LogP contribution in [0.5, 0.6) is 0 Å². The molecule has 1 aromatic carbocycles. The van der Waals surface area contributed by atoms with E-state index in [1.165, 1.54) is 24.3 Å². The molecule has 2 aliphatic heterocycles. The Morgan fingerprint density at radius 3 is 2.51 bits per heavy atom. The molecule has 2 aliphatic rings. The van der Waals surface area contributed by atoms with Crippen molar-refractivity contribution in [1.29, 1.82) is 5.26 Å². The van der Waals surface area contributed by atoms with Gasteiger partial charge in [0.05, 0.1) is 17.6 Å². The summed E-state index contributed by atoms with van der Waals surface area (Å²) >= 11 is 0. The quantitative estimate of drug-likeness (QED) is 0.407. The van der Waals surface area contributed by atoms with E-state index in [-0.39, 0.29) is 23.9 Å². The third kappa shape index (κ3) is 7.79. The molecule has 2 saturated heterocycles. The molecule has 0 bridgehead atoms. The lowest BCUT2D eigenvalue weighted by Gasteiger charge is -2.33. The fraction of sp³-hybridized carbons (Fsp3) is 0.560. The van der Waals surface area contributed by atoms with Crippen LogP contribution in [0, 0.1) is 23.2 Å². The average Bonchev–Trinajstić information content (AvgIpc) is 2.89. The van der Waals surface area contributed by atoms with E-state index in [1.54, 1.807) is 4.90 Å². The molecule has 10 heteroatoms. The van der Waals surface area contributed by atoms with E-state index >= 15 is 0 Å². The number of nitrogens with zero attached hydrogens (tertiary/aromatic N) is 2. The highest BCUT2D eigenvalue weighted by molar-refractivity contribution is 5.96. The molecule has 10 nitrogen and oxygen atoms in total. The van der Waals surface area contributed by atoms with Gasteiger partial charge in [0.2, 0.25) is 11.8 Å². The lowest BCUT2D eigenvalue weighted by atomic mass is 9.92. The maximum atomic E-state index is 12.7. The second-order valence-electron chi connectivity index (χ2n) is 9.21. The van der Waals surface area contributed by atoms with Crippen LogP contribution in [0.1, 0.15) is 54.4 Å². The molecule has 4 N–H and O–H groups in total. The number of carbonyl (C=O) groups excluding carboxylic acids is 3. The van der Waals surface area contributed by atoms with Crippen molar-refractivity contribution in [1.82, 2.24) is 20.9 Å². The molecule has 188 valence electrons. The summed E-state index contributed by atoms with van der Waals surface area (Å²) in [6.45, 7) is 2.68. The number of benzene rings is 1. The summed E-state index contributed by atoms with van der Waals surface area (Å²) in [5, 5.41) is 26.7. The number of rotatable bonds is 9. The van der Waals surface area contributed by atoms with Gasteiger partial charge >= 0.3 is 5.97 Å². The van der Waals surface area contributed by atoms with Crippen molar-refractivity contribution in [2.75, 3.05) is 32.7 Å². The lowest BCUT2D eigenvalue weighted by Crippen LogP contribution is -2.51. The minimum absolute atomic E-state index is 0.0686. The number of nitrogens with one attached hydrogen (secondary N) is 3. The Hall–Kier alpha value is -3.45. The monoisotopic (exact) mass is 483 g/mol. The van der Waals surface area contributed by atoms with Gasteiger partial charge < -0.3 is 26.0 Å². The van der Waals surface area contributed by atoms with Crippen LogP contribution in [-0.2, 0) is 14.4 Å². The molecule has 0 aromatic heterocycles. The maximum Gasteiger partial charge on any atom is 0.328 e. The van der Waals surface area contributed by atoms with Gasteiger partial charge in [-0.2, -0.15) is 5.26 Å². The number of carbonyl (C=O) groups is 4. The van der Waals surface area contributed by atoms with Crippen LogP contribution in [0.4, 0.5) is 0 Å². The van der Waals surface area contributed by atoms with E-state index in [2.05, 4.69) is 16.0 Å². The van der Waals surface area contributed by atoms with E-state index < -0.39 is 23.8 Å². The zero-order chi connectivity index (χ0) is 25.2. The average molecular weight is 484 g/mol. The second kappa shape index (κ2) is 12.9. The smallest absolute Gasteiger partial charge is 0.328 e. The first-order valence-corrected chi connectivity index (χ1v) is 12.2. The van der Waals surface area contributed by atoms with Crippen LogP contribution >= 0.6 is 0 Å². The van der Waals surface area contributed by atoms with Crippen LogP contribution in [-0.4, -0.2) is 72.5 Å². The predicted molar refractivity (Wildman–Crippen MR) is 127 cm³/mol. The molecule has 0 radical (unpaired) electrons. The van der Waals surface area contributed by atoms with Gasteiger partial charge in [-0.15, -0.1) is 0 Å². The Morgan fingerprint density at radius 2 is 1.86 bits per heavy atom. The third-order valence-electron chi connectivity index (χ3n) is 6.73. The van der Waals surface area contributed by atoms with Gasteiger partial charge in [-0.1, -0.05) is 0 Å². The highest BCUT2D eigenvalue weighted by Gasteiger charge is 2.30. The first-order valence-electron chi connectivity index (χ1n) is 12.2. The molecular weight excluding hydrogens is 450 g/mol. The van der Waals surface area contributed by atoms with Gasteiger partial charge in [0.25, 0.3) is 5.91 Å². The number of nitriles is 1. The molecule has 1 aromatic rings. The summed E-state index contributed by atoms with van der Waals surface area (Å²) in [6.07, 6.45) is 4.87. The molecule has 3 amide bonds. The van der Waals surface area contributed by atoms with Crippen molar-refractivity contribution in [3.63, 3.8) is 0 Å². The van der Waals surface area contributed by atoms with E-state index in [0.717, 1.165) is 38.8 Å². The van der Waals surface area contributed by atoms with Gasteiger partial charge in [-0.25, -0.2) is 4.79 Å². The Kier molecular flexibility index (Phi) is 9.61. The van der Waals surface area contributed by atoms with E-state index in [9.17, 15) is 24.3 Å². The highest BCUT2D eigenvalue weighted by Crippen LogP contribution is 2.21. The number of hydrogen-bond acceptors (Lipinski definition) is 6. The Labute approximate surface area is 205 Å². The topological polar surface area (TPSA) is 152 Å². The molecule has 3 rings (SSSR count). The molecule has 0 spiro atoms. The number of carboxylic acids is 1. The minimum atomic E-state index is -1.31. The summed E-state index contributed by atoms with van der Waals surface area (Å²) in [4.78, 5) is 51.2. The standard InChI is InChI=1S/C25H33N5O5/c26-14-18-3-6-19(7-4-18)24(33)29-21(25(34)35)15-28-23(32)20-2-1-13-30(16-20)22(31)8-5-17-9-11-27-12-10-17/h3-4,6-7,17,20-21,27H,1-2,5,8-13,15-16H2,(H,28,32)(H,29,33)(H,34,35)/t20-,21-/m1/s1. The zero-order valence-corrected chi connectivity index (χ0v) is 19.8. The van der Waals surface area contributed by atoms with Crippen LogP contribution in [0.15, 0.2) is 24.3 Å². The highest BCUT2D eigenvalue weighted by atomic mass is 16.4. The van der Waals surface area contributed by atoms with Gasteiger partial charge in [0.15, 0.2) is 0 Å². The minimum Gasteiger partial charge on any atom is -0.480 e. The number of likely N-dealkylation sites (tertiary alicyclic amines) is 1. The van der Waals surface area contributed by atoms with Crippen LogP contribution in [0.25, 0.3) is 0 Å². The first-order chi connectivity index (χ1) is 16.9. The third-order valence-corrected chi connectivity index (χ3v) is 6.73. The molecule has 35 heavy (non-hydrogen) atoms. The second-order valence-corrected chi connectivity index (χ2v) is 9.21. The first kappa shape index (κ1) is 26.2. The van der Waals surface area contributed by atoms with Crippen LogP contribution in [0.2, 0.25) is 0 Å². The molecular formula is C25H33N5O5. The molecule has 2 heterocycles. The predicted octanol–water partition coefficient (Wildman–Crippen LogP) is 0.876. The molecule has 0 unspecified atom stereocenters. The Balaban J connectivity index is 1.46. The summed E-state index contributed by atoms with van der Waals surface area (Å²) in [7, 11) is 0. The number of piperidine rings is 2. The number of carboxylic acid groups (broad SMARTS) is 1. The maximum absolute atomic E-state index is 12.7. The van der Waals surface area contributed by atoms with Crippen molar-refractivity contribution in [2.45, 2.75) is 44.6 Å². The van der Waals surface area contributed by atoms with Crippen molar-refractivity contribution in [3.05, 3.63) is 35.4 Å². The van der Waals surface area contributed by atoms with Crippen molar-refractivity contribution in [2.24, 2.45) is 11.8 Å². The van der Waals surface area contributed by atoms with Crippen molar-refractivity contribution < 1.29 is 24.3 Å². The van der Waals surface area contributed by atoms with Gasteiger partial charge in [0, 0.05) is 31.6 Å². The summed E-state index contributed by atoms with van der Waals surface area (Å²) in [5.74, 6) is -1.98. The Bertz CT molecular complexity index is 952. The number of aliphatic carboxylic acids is 1. The summed E-state index contributed by atoms with van der Waals surface area (Å²) < 4.78 is 0. The number of hydrogen-bond donors (Lipinski definition) is 4. The van der Waals surface area contributed by atoms with Gasteiger partial charge in [0.1, 0.15) is 6.04 Å². The molecule has 2 fully saturated rings. The largest absolute Gasteiger partial charge is 0.480 e. The van der Waals surface area contributed by atoms with Gasteiger partial charge in [-0.05, 0) is 75.4 Å². The summed E-state index contributed by atoms with van der Waals surface area (Å²) in [6, 6.07) is 6.44. The molecule has 0 saturated carbocycles. The lowest BCUT2D eigenvalue weighted by molar-refractivity contribution is -0.139. The van der Waals surface area contributed by atoms with E-state index in [1.807, 2.05) is 6.07 Å². The molecule has 0 aliphatic carbocycles. The van der Waals surface area contributed by atoms with E-state index in [0.29, 0.717) is 37.4 Å². The van der Waals surface area contributed by atoms with E-state index in [4.69, 9.17) is 5.26 Å². The Morgan fingerprint density at radius 1 is 1.14 bits per heavy atom. The fourth-order valence-corrected chi connectivity index (χ4v) is 4.56. The van der Waals surface area contributed by atoms with Gasteiger partial charge in [-0.3, -0.25) is 14.4 Å². The molecule has 2 atom stereocenters. The van der Waals surface area contributed by atoms with Crippen LogP contribution < -0.4 is 16.0 Å².